The van der Waals surface area contributed by atoms with Crippen molar-refractivity contribution >= 4 is 40.8 Å². The van der Waals surface area contributed by atoms with E-state index in [2.05, 4.69) is 5.32 Å². The van der Waals surface area contributed by atoms with Crippen LogP contribution in [0.25, 0.3) is 0 Å². The van der Waals surface area contributed by atoms with E-state index in [1.165, 1.54) is 26.2 Å². The second kappa shape index (κ2) is 9.31. The maximum atomic E-state index is 12.1. The van der Waals surface area contributed by atoms with Crippen LogP contribution in [0.15, 0.2) is 42.5 Å². The van der Waals surface area contributed by atoms with Crippen LogP contribution in [0.3, 0.4) is 0 Å². The fraction of sp³-hybridized carbons (Fsp3) is 0.222. The lowest BCUT2D eigenvalue weighted by atomic mass is 10.3. The molecule has 2 aromatic rings. The Kier molecular flexibility index (Phi) is 7.12. The van der Waals surface area contributed by atoms with E-state index in [1.54, 1.807) is 30.3 Å². The zero-order valence-electron chi connectivity index (χ0n) is 14.1. The molecule has 2 rings (SSSR count). The minimum Gasteiger partial charge on any atom is -0.497 e. The first-order chi connectivity index (χ1) is 12.4. The maximum Gasteiger partial charge on any atom is 0.344 e. The Labute approximate surface area is 160 Å². The molecule has 0 fully saturated rings. The number of carbonyl (C=O) groups excluding carboxylic acids is 2. The topological polar surface area (TPSA) is 73.9 Å². The quantitative estimate of drug-likeness (QED) is 0.715. The van der Waals surface area contributed by atoms with Crippen molar-refractivity contribution in [2.75, 3.05) is 19.0 Å². The summed E-state index contributed by atoms with van der Waals surface area (Å²) in [6.07, 6.45) is -1.00. The van der Waals surface area contributed by atoms with E-state index in [4.69, 9.17) is 37.4 Å². The number of nitrogens with one attached hydrogen (secondary N) is 1. The lowest BCUT2D eigenvalue weighted by Gasteiger charge is -2.14. The second-order valence-electron chi connectivity index (χ2n) is 5.22. The van der Waals surface area contributed by atoms with Crippen molar-refractivity contribution in [1.82, 2.24) is 0 Å². The Morgan fingerprint density at radius 1 is 1.15 bits per heavy atom. The van der Waals surface area contributed by atoms with Gasteiger partial charge in [-0.2, -0.15) is 0 Å². The van der Waals surface area contributed by atoms with Gasteiger partial charge >= 0.3 is 5.97 Å². The van der Waals surface area contributed by atoms with Gasteiger partial charge in [0.25, 0.3) is 5.91 Å². The zero-order valence-corrected chi connectivity index (χ0v) is 15.6. The third kappa shape index (κ3) is 5.82. The number of rotatable bonds is 7. The van der Waals surface area contributed by atoms with Gasteiger partial charge < -0.3 is 19.5 Å². The van der Waals surface area contributed by atoms with Crippen LogP contribution in [0.4, 0.5) is 5.69 Å². The molecule has 0 unspecified atom stereocenters. The predicted molar refractivity (Wildman–Crippen MR) is 99.1 cm³/mol. The SMILES string of the molecule is COc1cccc(NC(=O)[C@@H](C)OC(=O)COc2ccc(Cl)cc2Cl)c1. The molecule has 0 spiro atoms. The van der Waals surface area contributed by atoms with Gasteiger partial charge in [0, 0.05) is 16.8 Å². The normalized spacial score (nSPS) is 11.4. The molecule has 0 bridgehead atoms. The highest BCUT2D eigenvalue weighted by molar-refractivity contribution is 6.35. The second-order valence-corrected chi connectivity index (χ2v) is 6.06. The number of hydrogen-bond acceptors (Lipinski definition) is 5. The number of esters is 1. The standard InChI is InChI=1S/C18H17Cl2NO5/c1-11(18(23)21-13-4-3-5-14(9-13)24-2)26-17(22)10-25-16-7-6-12(19)8-15(16)20/h3-9,11H,10H2,1-2H3,(H,21,23)/t11-/m1/s1. The first-order valence-electron chi connectivity index (χ1n) is 7.61. The van der Waals surface area contributed by atoms with E-state index in [1.807, 2.05) is 0 Å². The van der Waals surface area contributed by atoms with Crippen molar-refractivity contribution < 1.29 is 23.8 Å². The predicted octanol–water partition coefficient (Wildman–Crippen LogP) is 3.95. The van der Waals surface area contributed by atoms with Crippen molar-refractivity contribution in [2.24, 2.45) is 0 Å². The van der Waals surface area contributed by atoms with Gasteiger partial charge in [-0.15, -0.1) is 0 Å². The lowest BCUT2D eigenvalue weighted by molar-refractivity contribution is -0.155. The first-order valence-corrected chi connectivity index (χ1v) is 8.37. The molecule has 0 saturated carbocycles. The summed E-state index contributed by atoms with van der Waals surface area (Å²) in [4.78, 5) is 24.0. The van der Waals surface area contributed by atoms with Crippen molar-refractivity contribution in [2.45, 2.75) is 13.0 Å². The smallest absolute Gasteiger partial charge is 0.344 e. The Morgan fingerprint density at radius 2 is 1.92 bits per heavy atom. The molecule has 138 valence electrons. The lowest BCUT2D eigenvalue weighted by Crippen LogP contribution is -2.31. The van der Waals surface area contributed by atoms with E-state index in [0.717, 1.165) is 0 Å². The summed E-state index contributed by atoms with van der Waals surface area (Å²) < 4.78 is 15.4. The molecule has 0 saturated heterocycles. The van der Waals surface area contributed by atoms with Crippen molar-refractivity contribution in [1.29, 1.82) is 0 Å². The van der Waals surface area contributed by atoms with Gasteiger partial charge in [-0.1, -0.05) is 29.3 Å². The maximum absolute atomic E-state index is 12.1. The van der Waals surface area contributed by atoms with Crippen LogP contribution >= 0.6 is 23.2 Å². The molecule has 6 nitrogen and oxygen atoms in total. The summed E-state index contributed by atoms with van der Waals surface area (Å²) in [6, 6.07) is 11.4. The van der Waals surface area contributed by atoms with E-state index in [9.17, 15) is 9.59 Å². The number of anilines is 1. The first kappa shape index (κ1) is 19.9. The zero-order chi connectivity index (χ0) is 19.1. The highest BCUT2D eigenvalue weighted by Crippen LogP contribution is 2.27. The molecule has 2 aromatic carbocycles. The summed E-state index contributed by atoms with van der Waals surface area (Å²) >= 11 is 11.7. The minimum atomic E-state index is -1.00. The molecule has 1 N–H and O–H groups in total. The molecule has 0 aliphatic heterocycles. The summed E-state index contributed by atoms with van der Waals surface area (Å²) in [6.45, 7) is 1.07. The van der Waals surface area contributed by atoms with E-state index in [-0.39, 0.29) is 5.02 Å². The number of amides is 1. The summed E-state index contributed by atoms with van der Waals surface area (Å²) in [7, 11) is 1.53. The van der Waals surface area contributed by atoms with Crippen molar-refractivity contribution in [3.05, 3.63) is 52.5 Å². The summed E-state index contributed by atoms with van der Waals surface area (Å²) in [5.41, 5.74) is 0.529. The van der Waals surface area contributed by atoms with Crippen LogP contribution in [0.5, 0.6) is 11.5 Å². The Bertz CT molecular complexity index is 797. The fourth-order valence-corrected chi connectivity index (χ4v) is 2.42. The molecule has 26 heavy (non-hydrogen) atoms. The van der Waals surface area contributed by atoms with Crippen LogP contribution < -0.4 is 14.8 Å². The van der Waals surface area contributed by atoms with Crippen LogP contribution in [0.1, 0.15) is 6.92 Å². The van der Waals surface area contributed by atoms with E-state index >= 15 is 0 Å². The molecule has 0 aliphatic carbocycles. The molecule has 8 heteroatoms. The molecule has 0 aliphatic rings. The molecular formula is C18H17Cl2NO5. The van der Waals surface area contributed by atoms with Gasteiger partial charge in [0.05, 0.1) is 12.1 Å². The van der Waals surface area contributed by atoms with Gasteiger partial charge in [-0.25, -0.2) is 4.79 Å². The molecule has 0 radical (unpaired) electrons. The van der Waals surface area contributed by atoms with Crippen LogP contribution in [-0.2, 0) is 14.3 Å². The third-order valence-electron chi connectivity index (χ3n) is 3.25. The molecular weight excluding hydrogens is 381 g/mol. The van der Waals surface area contributed by atoms with Crippen molar-refractivity contribution in [3.8, 4) is 11.5 Å². The fourth-order valence-electron chi connectivity index (χ4n) is 1.96. The summed E-state index contributed by atoms with van der Waals surface area (Å²) in [5, 5.41) is 3.36. The third-order valence-corrected chi connectivity index (χ3v) is 3.78. The van der Waals surface area contributed by atoms with Gasteiger partial charge in [-0.05, 0) is 37.3 Å². The number of methoxy groups -OCH3 is 1. The number of ether oxygens (including phenoxy) is 3. The Balaban J connectivity index is 1.84. The summed E-state index contributed by atoms with van der Waals surface area (Å²) in [5.74, 6) is -0.289. The van der Waals surface area contributed by atoms with Gasteiger partial charge in [-0.3, -0.25) is 4.79 Å². The Hall–Kier alpha value is -2.44. The molecule has 0 heterocycles. The molecule has 1 atom stereocenters. The largest absolute Gasteiger partial charge is 0.497 e. The molecule has 1 amide bonds. The minimum absolute atomic E-state index is 0.272. The number of benzene rings is 2. The van der Waals surface area contributed by atoms with Crippen molar-refractivity contribution in [3.63, 3.8) is 0 Å². The van der Waals surface area contributed by atoms with Crippen LogP contribution in [0.2, 0.25) is 10.0 Å². The van der Waals surface area contributed by atoms with Gasteiger partial charge in [0.15, 0.2) is 12.7 Å². The van der Waals surface area contributed by atoms with Crippen LogP contribution in [-0.4, -0.2) is 31.7 Å². The number of carbonyl (C=O) groups is 2. The van der Waals surface area contributed by atoms with Gasteiger partial charge in [0.2, 0.25) is 0 Å². The van der Waals surface area contributed by atoms with E-state index < -0.39 is 24.6 Å². The highest BCUT2D eigenvalue weighted by Gasteiger charge is 2.19. The average molecular weight is 398 g/mol. The average Bonchev–Trinajstić information content (AvgIpc) is 2.61. The monoisotopic (exact) mass is 397 g/mol. The number of hydrogen-bond donors (Lipinski definition) is 1. The highest BCUT2D eigenvalue weighted by atomic mass is 35.5. The Morgan fingerprint density at radius 3 is 2.62 bits per heavy atom. The van der Waals surface area contributed by atoms with Gasteiger partial charge in [0.1, 0.15) is 11.5 Å². The van der Waals surface area contributed by atoms with Crippen LogP contribution in [0, 0.1) is 0 Å². The van der Waals surface area contributed by atoms with E-state index in [0.29, 0.717) is 22.2 Å². The molecule has 0 aromatic heterocycles. The number of halogens is 2.